The van der Waals surface area contributed by atoms with E-state index in [0.29, 0.717) is 0 Å². The van der Waals surface area contributed by atoms with Crippen molar-refractivity contribution in [2.24, 2.45) is 5.92 Å². The number of esters is 1. The van der Waals surface area contributed by atoms with Crippen molar-refractivity contribution in [3.63, 3.8) is 0 Å². The molecule has 2 unspecified atom stereocenters. The molecule has 0 aromatic heterocycles. The van der Waals surface area contributed by atoms with Gasteiger partial charge in [0, 0.05) is 0 Å². The lowest BCUT2D eigenvalue weighted by Crippen LogP contribution is -2.44. The smallest absolute Gasteiger partial charge is 0.344 e. The van der Waals surface area contributed by atoms with Crippen LogP contribution in [0.15, 0.2) is 10.2 Å². The van der Waals surface area contributed by atoms with Crippen LogP contribution in [0.1, 0.15) is 27.7 Å². The molecular formula is C16H23IO7. The molecule has 2 rings (SSSR count). The van der Waals surface area contributed by atoms with Crippen molar-refractivity contribution in [1.29, 1.82) is 0 Å². The summed E-state index contributed by atoms with van der Waals surface area (Å²) in [7, 11) is 0. The SMILES string of the molecule is C=C(I)C(=O)OCC(=O)C(C1COC(C)(C)O1)C1COC(C)(C)O1. The molecule has 0 saturated carbocycles. The van der Waals surface area contributed by atoms with Crippen LogP contribution < -0.4 is 0 Å². The van der Waals surface area contributed by atoms with Crippen molar-refractivity contribution in [3.05, 3.63) is 10.2 Å². The molecule has 0 aliphatic carbocycles. The van der Waals surface area contributed by atoms with E-state index in [0.717, 1.165) is 0 Å². The van der Waals surface area contributed by atoms with E-state index in [1.165, 1.54) is 0 Å². The fraction of sp³-hybridized carbons (Fsp3) is 0.750. The van der Waals surface area contributed by atoms with Gasteiger partial charge in [0.25, 0.3) is 0 Å². The summed E-state index contributed by atoms with van der Waals surface area (Å²) >= 11 is 1.75. The van der Waals surface area contributed by atoms with E-state index in [1.807, 2.05) is 0 Å². The summed E-state index contributed by atoms with van der Waals surface area (Å²) in [6, 6.07) is 0. The third kappa shape index (κ3) is 4.98. The molecule has 2 fully saturated rings. The Bertz CT molecular complexity index is 503. The monoisotopic (exact) mass is 454 g/mol. The molecular weight excluding hydrogens is 431 g/mol. The lowest BCUT2D eigenvalue weighted by atomic mass is 9.92. The van der Waals surface area contributed by atoms with Gasteiger partial charge < -0.3 is 23.7 Å². The second-order valence-electron chi connectivity index (χ2n) is 6.71. The van der Waals surface area contributed by atoms with Gasteiger partial charge in [-0.15, -0.1) is 0 Å². The summed E-state index contributed by atoms with van der Waals surface area (Å²) in [6.45, 7) is 10.8. The van der Waals surface area contributed by atoms with E-state index in [1.54, 1.807) is 50.3 Å². The topological polar surface area (TPSA) is 80.3 Å². The first-order chi connectivity index (χ1) is 11.0. The number of halogens is 1. The molecule has 0 aromatic carbocycles. The summed E-state index contributed by atoms with van der Waals surface area (Å²) in [4.78, 5) is 24.2. The molecule has 8 heteroatoms. The van der Waals surface area contributed by atoms with Crippen LogP contribution in [-0.2, 0) is 33.3 Å². The molecule has 0 amide bonds. The number of carbonyl (C=O) groups excluding carboxylic acids is 2. The average molecular weight is 454 g/mol. The van der Waals surface area contributed by atoms with Gasteiger partial charge in [0.15, 0.2) is 24.0 Å². The van der Waals surface area contributed by atoms with Gasteiger partial charge in [-0.1, -0.05) is 6.58 Å². The first-order valence-electron chi connectivity index (χ1n) is 7.68. The number of rotatable bonds is 6. The standard InChI is InChI=1S/C16H23IO7/c1-9(17)14(19)20-6-10(18)13(11-7-21-15(2,3)23-11)12-8-22-16(4,5)24-12/h11-13H,1,6-8H2,2-5H3. The van der Waals surface area contributed by atoms with Crippen LogP contribution in [-0.4, -0.2) is 55.4 Å². The molecule has 2 saturated heterocycles. The summed E-state index contributed by atoms with van der Waals surface area (Å²) in [5.41, 5.74) is 0. The quantitative estimate of drug-likeness (QED) is 0.345. The Morgan fingerprint density at radius 1 is 1.12 bits per heavy atom. The minimum absolute atomic E-state index is 0.208. The maximum absolute atomic E-state index is 12.7. The maximum atomic E-state index is 12.7. The molecule has 2 atom stereocenters. The Labute approximate surface area is 155 Å². The highest BCUT2D eigenvalue weighted by Gasteiger charge is 2.48. The summed E-state index contributed by atoms with van der Waals surface area (Å²) < 4.78 is 28.0. The summed E-state index contributed by atoms with van der Waals surface area (Å²) in [6.07, 6.45) is -0.979. The minimum Gasteiger partial charge on any atom is -0.454 e. The Morgan fingerprint density at radius 3 is 1.92 bits per heavy atom. The fourth-order valence-corrected chi connectivity index (χ4v) is 2.91. The van der Waals surface area contributed by atoms with E-state index >= 15 is 0 Å². The van der Waals surface area contributed by atoms with Crippen LogP contribution in [0.3, 0.4) is 0 Å². The van der Waals surface area contributed by atoms with Crippen molar-refractivity contribution in [2.75, 3.05) is 19.8 Å². The minimum atomic E-state index is -0.772. The van der Waals surface area contributed by atoms with Gasteiger partial charge in [-0.2, -0.15) is 0 Å². The molecule has 0 N–H and O–H groups in total. The molecule has 0 spiro atoms. The van der Waals surface area contributed by atoms with E-state index in [9.17, 15) is 9.59 Å². The van der Waals surface area contributed by atoms with E-state index in [4.69, 9.17) is 23.7 Å². The highest BCUT2D eigenvalue weighted by molar-refractivity contribution is 14.1. The van der Waals surface area contributed by atoms with Crippen LogP contribution >= 0.6 is 22.6 Å². The van der Waals surface area contributed by atoms with E-state index < -0.39 is 35.7 Å². The molecule has 7 nitrogen and oxygen atoms in total. The van der Waals surface area contributed by atoms with E-state index in [2.05, 4.69) is 6.58 Å². The lowest BCUT2D eigenvalue weighted by Gasteiger charge is -2.27. The van der Waals surface area contributed by atoms with Gasteiger partial charge in [0.1, 0.15) is 0 Å². The third-order valence-corrected chi connectivity index (χ3v) is 4.24. The molecule has 2 heterocycles. The zero-order valence-corrected chi connectivity index (χ0v) is 16.5. The summed E-state index contributed by atoms with van der Waals surface area (Å²) in [5, 5.41) is 0. The predicted molar refractivity (Wildman–Crippen MR) is 92.4 cm³/mol. The van der Waals surface area contributed by atoms with Crippen LogP contribution in [0.4, 0.5) is 0 Å². The largest absolute Gasteiger partial charge is 0.454 e. The second-order valence-corrected chi connectivity index (χ2v) is 8.01. The van der Waals surface area contributed by atoms with Crippen LogP contribution in [0.25, 0.3) is 0 Å². The van der Waals surface area contributed by atoms with Gasteiger partial charge in [0.05, 0.1) is 34.9 Å². The van der Waals surface area contributed by atoms with Gasteiger partial charge in [-0.05, 0) is 50.3 Å². The zero-order valence-electron chi connectivity index (χ0n) is 14.3. The van der Waals surface area contributed by atoms with Crippen LogP contribution in [0.2, 0.25) is 0 Å². The molecule has 0 radical (unpaired) electrons. The normalized spacial score (nSPS) is 29.2. The van der Waals surface area contributed by atoms with Crippen LogP contribution in [0.5, 0.6) is 0 Å². The van der Waals surface area contributed by atoms with Crippen molar-refractivity contribution >= 4 is 34.3 Å². The number of carbonyl (C=O) groups is 2. The number of ether oxygens (including phenoxy) is 5. The predicted octanol–water partition coefficient (Wildman–Crippen LogP) is 1.97. The summed E-state index contributed by atoms with van der Waals surface area (Å²) in [5.74, 6) is -3.10. The molecule has 0 aromatic rings. The van der Waals surface area contributed by atoms with Crippen molar-refractivity contribution < 1.29 is 33.3 Å². The van der Waals surface area contributed by atoms with Crippen molar-refractivity contribution in [2.45, 2.75) is 51.5 Å². The zero-order chi connectivity index (χ0) is 18.1. The molecule has 0 bridgehead atoms. The van der Waals surface area contributed by atoms with Gasteiger partial charge >= 0.3 is 5.97 Å². The molecule has 2 aliphatic rings. The Balaban J connectivity index is 2.09. The molecule has 2 aliphatic heterocycles. The first-order valence-corrected chi connectivity index (χ1v) is 8.76. The maximum Gasteiger partial charge on any atom is 0.344 e. The van der Waals surface area contributed by atoms with Crippen molar-refractivity contribution in [3.8, 4) is 0 Å². The highest BCUT2D eigenvalue weighted by Crippen LogP contribution is 2.34. The Hall–Kier alpha value is -0.550. The number of ketones is 1. The fourth-order valence-electron chi connectivity index (χ4n) is 2.75. The van der Waals surface area contributed by atoms with Crippen molar-refractivity contribution in [1.82, 2.24) is 0 Å². The molecule has 136 valence electrons. The lowest BCUT2D eigenvalue weighted by molar-refractivity contribution is -0.172. The highest BCUT2D eigenvalue weighted by atomic mass is 127. The molecule has 24 heavy (non-hydrogen) atoms. The second kappa shape index (κ2) is 7.36. The Morgan fingerprint density at radius 2 is 1.58 bits per heavy atom. The number of hydrogen-bond donors (Lipinski definition) is 0. The average Bonchev–Trinajstić information content (AvgIpc) is 2.98. The van der Waals surface area contributed by atoms with Gasteiger partial charge in [-0.25, -0.2) is 4.79 Å². The van der Waals surface area contributed by atoms with E-state index in [-0.39, 0.29) is 29.2 Å². The van der Waals surface area contributed by atoms with Crippen LogP contribution in [0, 0.1) is 5.92 Å². The third-order valence-electron chi connectivity index (χ3n) is 3.80. The number of Topliss-reactive ketones (excluding diaryl/α,β-unsaturated/α-hetero) is 1. The van der Waals surface area contributed by atoms with Gasteiger partial charge in [0.2, 0.25) is 0 Å². The first kappa shape index (κ1) is 19.8. The Kier molecular flexibility index (Phi) is 6.07. The van der Waals surface area contributed by atoms with Gasteiger partial charge in [-0.3, -0.25) is 4.79 Å². The number of hydrogen-bond acceptors (Lipinski definition) is 7.